The molecule has 0 spiro atoms. The second-order valence-corrected chi connectivity index (χ2v) is 8.51. The fraction of sp³-hybridized carbons (Fsp3) is 0.600. The molecule has 1 aromatic carbocycles. The highest BCUT2D eigenvalue weighted by Crippen LogP contribution is 2.61. The van der Waals surface area contributed by atoms with E-state index in [1.165, 1.54) is 37.6 Å². The number of rotatable bonds is 4. The number of benzene rings is 1. The maximum absolute atomic E-state index is 12.5. The van der Waals surface area contributed by atoms with Crippen molar-refractivity contribution in [3.8, 4) is 0 Å². The number of nitrogens with zero attached hydrogens (tertiary/aromatic N) is 1. The van der Waals surface area contributed by atoms with E-state index in [-0.39, 0.29) is 11.3 Å². The molecule has 4 aliphatic rings. The first-order valence-electron chi connectivity index (χ1n) is 9.30. The number of carbonyl (C=O) groups is 1. The van der Waals surface area contributed by atoms with Gasteiger partial charge in [0, 0.05) is 6.42 Å². The van der Waals surface area contributed by atoms with Gasteiger partial charge in [-0.15, -0.1) is 0 Å². The van der Waals surface area contributed by atoms with Gasteiger partial charge in [0.15, 0.2) is 0 Å². The van der Waals surface area contributed by atoms with Crippen molar-refractivity contribution in [1.29, 1.82) is 0 Å². The van der Waals surface area contributed by atoms with Crippen LogP contribution in [0.2, 0.25) is 0 Å². The molecule has 4 saturated carbocycles. The molecule has 0 atom stereocenters. The van der Waals surface area contributed by atoms with Crippen LogP contribution < -0.4 is 5.43 Å². The quantitative estimate of drug-likeness (QED) is 0.607. The lowest BCUT2D eigenvalue weighted by Gasteiger charge is -2.56. The van der Waals surface area contributed by atoms with Crippen molar-refractivity contribution in [2.75, 3.05) is 0 Å². The van der Waals surface area contributed by atoms with Crippen LogP contribution in [0.1, 0.15) is 56.1 Å². The first kappa shape index (κ1) is 17.6. The number of hydrazone groups is 1. The van der Waals surface area contributed by atoms with Crippen molar-refractivity contribution in [3.63, 3.8) is 0 Å². The highest BCUT2D eigenvalue weighted by Gasteiger charge is 2.51. The molecule has 5 rings (SSSR count). The Morgan fingerprint density at radius 2 is 1.62 bits per heavy atom. The smallest absolute Gasteiger partial charge is 0.273 e. The van der Waals surface area contributed by atoms with Gasteiger partial charge in [-0.25, -0.2) is 5.43 Å². The fourth-order valence-corrected chi connectivity index (χ4v) is 5.82. The lowest BCUT2D eigenvalue weighted by molar-refractivity contribution is -0.137. The minimum absolute atomic E-state index is 0.0879. The van der Waals surface area contributed by atoms with Crippen LogP contribution in [0.25, 0.3) is 0 Å². The SMILES string of the molecule is O=C(CC12CC3CC(CC(C3)C1)C2)N/N=C\c1ccc(C(F)(F)F)cc1. The Morgan fingerprint density at radius 1 is 1.08 bits per heavy atom. The summed E-state index contributed by atoms with van der Waals surface area (Å²) in [6, 6.07) is 4.71. The molecule has 4 bridgehead atoms. The molecule has 1 N–H and O–H groups in total. The van der Waals surface area contributed by atoms with Gasteiger partial charge in [-0.3, -0.25) is 4.79 Å². The third-order valence-electron chi connectivity index (χ3n) is 6.34. The highest BCUT2D eigenvalue weighted by molar-refractivity contribution is 5.82. The van der Waals surface area contributed by atoms with Crippen molar-refractivity contribution in [3.05, 3.63) is 35.4 Å². The van der Waals surface area contributed by atoms with Crippen LogP contribution >= 0.6 is 0 Å². The van der Waals surface area contributed by atoms with E-state index < -0.39 is 11.7 Å². The van der Waals surface area contributed by atoms with E-state index in [1.807, 2.05) is 0 Å². The van der Waals surface area contributed by atoms with Gasteiger partial charge in [-0.1, -0.05) is 12.1 Å². The molecule has 0 radical (unpaired) electrons. The Morgan fingerprint density at radius 3 is 2.12 bits per heavy atom. The summed E-state index contributed by atoms with van der Waals surface area (Å²) in [5.74, 6) is 2.30. The van der Waals surface area contributed by atoms with Crippen LogP contribution in [0.4, 0.5) is 13.2 Å². The molecule has 1 amide bonds. The normalized spacial score (nSPS) is 33.0. The van der Waals surface area contributed by atoms with Crippen LogP contribution in [-0.4, -0.2) is 12.1 Å². The van der Waals surface area contributed by atoms with Gasteiger partial charge in [0.2, 0.25) is 5.91 Å². The zero-order chi connectivity index (χ0) is 18.4. The molecule has 0 saturated heterocycles. The van der Waals surface area contributed by atoms with Crippen LogP contribution in [-0.2, 0) is 11.0 Å². The zero-order valence-corrected chi connectivity index (χ0v) is 14.6. The molecular weight excluding hydrogens is 341 g/mol. The summed E-state index contributed by atoms with van der Waals surface area (Å²) >= 11 is 0. The van der Waals surface area contributed by atoms with Gasteiger partial charge in [-0.2, -0.15) is 18.3 Å². The highest BCUT2D eigenvalue weighted by atomic mass is 19.4. The average Bonchev–Trinajstić information content (AvgIpc) is 2.52. The van der Waals surface area contributed by atoms with Gasteiger partial charge in [0.1, 0.15) is 0 Å². The van der Waals surface area contributed by atoms with E-state index >= 15 is 0 Å². The number of halogens is 3. The Balaban J connectivity index is 1.32. The van der Waals surface area contributed by atoms with Gasteiger partial charge in [0.25, 0.3) is 0 Å². The van der Waals surface area contributed by atoms with Gasteiger partial charge in [0.05, 0.1) is 11.8 Å². The number of alkyl halides is 3. The van der Waals surface area contributed by atoms with E-state index in [9.17, 15) is 18.0 Å². The van der Waals surface area contributed by atoms with Crippen LogP contribution in [0.15, 0.2) is 29.4 Å². The van der Waals surface area contributed by atoms with Gasteiger partial charge >= 0.3 is 6.18 Å². The number of hydrogen-bond donors (Lipinski definition) is 1. The molecule has 0 aromatic heterocycles. The van der Waals surface area contributed by atoms with Crippen molar-refractivity contribution in [2.45, 2.75) is 51.1 Å². The summed E-state index contributed by atoms with van der Waals surface area (Å²) in [7, 11) is 0. The lowest BCUT2D eigenvalue weighted by atomic mass is 9.49. The van der Waals surface area contributed by atoms with Crippen LogP contribution in [0.5, 0.6) is 0 Å². The Labute approximate surface area is 151 Å². The summed E-state index contributed by atoms with van der Waals surface area (Å²) < 4.78 is 37.6. The van der Waals surface area contributed by atoms with E-state index in [2.05, 4.69) is 10.5 Å². The largest absolute Gasteiger partial charge is 0.416 e. The summed E-state index contributed by atoms with van der Waals surface area (Å²) in [5.41, 5.74) is 2.54. The summed E-state index contributed by atoms with van der Waals surface area (Å²) in [5, 5.41) is 3.93. The lowest BCUT2D eigenvalue weighted by Crippen LogP contribution is -2.47. The third kappa shape index (κ3) is 3.64. The molecule has 0 heterocycles. The Bertz CT molecular complexity index is 673. The van der Waals surface area contributed by atoms with E-state index in [0.29, 0.717) is 12.0 Å². The average molecular weight is 364 g/mol. The van der Waals surface area contributed by atoms with Crippen molar-refractivity contribution in [1.82, 2.24) is 5.43 Å². The number of nitrogens with one attached hydrogen (secondary N) is 1. The molecule has 0 unspecified atom stereocenters. The first-order chi connectivity index (χ1) is 12.3. The summed E-state index contributed by atoms with van der Waals surface area (Å²) in [6.45, 7) is 0. The van der Waals surface area contributed by atoms with Crippen molar-refractivity contribution in [2.24, 2.45) is 28.3 Å². The minimum Gasteiger partial charge on any atom is -0.273 e. The standard InChI is InChI=1S/C20H23F3N2O/c21-20(22,23)17-3-1-13(2-4-17)12-24-25-18(26)11-19-8-14-5-15(9-19)7-16(6-14)10-19/h1-4,12,14-16H,5-11H2,(H,25,26)/b24-12-. The topological polar surface area (TPSA) is 41.5 Å². The molecule has 3 nitrogen and oxygen atoms in total. The maximum atomic E-state index is 12.5. The van der Waals surface area contributed by atoms with E-state index in [0.717, 1.165) is 49.1 Å². The Hall–Kier alpha value is -1.85. The molecule has 26 heavy (non-hydrogen) atoms. The van der Waals surface area contributed by atoms with Crippen molar-refractivity contribution >= 4 is 12.1 Å². The second kappa shape index (κ2) is 6.39. The fourth-order valence-electron chi connectivity index (χ4n) is 5.82. The molecular formula is C20H23F3N2O. The predicted octanol–water partition coefficient (Wildman–Crippen LogP) is 4.76. The minimum atomic E-state index is -4.35. The summed E-state index contributed by atoms with van der Waals surface area (Å²) in [6.07, 6.45) is 5.06. The molecule has 4 fully saturated rings. The molecule has 6 heteroatoms. The molecule has 0 aliphatic heterocycles. The number of hydrogen-bond acceptors (Lipinski definition) is 2. The van der Waals surface area contributed by atoms with Crippen LogP contribution in [0.3, 0.4) is 0 Å². The second-order valence-electron chi connectivity index (χ2n) is 8.51. The van der Waals surface area contributed by atoms with Crippen molar-refractivity contribution < 1.29 is 18.0 Å². The molecule has 1 aromatic rings. The number of carbonyl (C=O) groups excluding carboxylic acids is 1. The van der Waals surface area contributed by atoms with Gasteiger partial charge in [-0.05, 0) is 79.4 Å². The zero-order valence-electron chi connectivity index (χ0n) is 14.6. The first-order valence-corrected chi connectivity index (χ1v) is 9.30. The van der Waals surface area contributed by atoms with Crippen LogP contribution in [0, 0.1) is 23.2 Å². The summed E-state index contributed by atoms with van der Waals surface area (Å²) in [4.78, 5) is 12.3. The van der Waals surface area contributed by atoms with E-state index in [1.54, 1.807) is 0 Å². The Kier molecular flexibility index (Phi) is 4.32. The monoisotopic (exact) mass is 364 g/mol. The number of amides is 1. The maximum Gasteiger partial charge on any atom is 0.416 e. The van der Waals surface area contributed by atoms with Gasteiger partial charge < -0.3 is 0 Å². The predicted molar refractivity (Wildman–Crippen MR) is 92.4 cm³/mol. The third-order valence-corrected chi connectivity index (χ3v) is 6.34. The molecule has 140 valence electrons. The molecule has 4 aliphatic carbocycles. The van der Waals surface area contributed by atoms with E-state index in [4.69, 9.17) is 0 Å².